The van der Waals surface area contributed by atoms with Crippen LogP contribution in [-0.4, -0.2) is 40.6 Å². The van der Waals surface area contributed by atoms with E-state index in [1.165, 1.54) is 6.20 Å². The number of aliphatic hydroxyl groups is 1. The van der Waals surface area contributed by atoms with Gasteiger partial charge in [-0.2, -0.15) is 0 Å². The molecule has 0 aromatic carbocycles. The van der Waals surface area contributed by atoms with Gasteiger partial charge in [-0.15, -0.1) is 0 Å². The SMILES string of the molecule is CC(C)NC(=O)C(C)NC(=O)c1ncccc1C#CCO. The Morgan fingerprint density at radius 3 is 2.67 bits per heavy atom. The highest BCUT2D eigenvalue weighted by Crippen LogP contribution is 2.04. The van der Waals surface area contributed by atoms with Gasteiger partial charge in [0.25, 0.3) is 5.91 Å². The van der Waals surface area contributed by atoms with E-state index < -0.39 is 11.9 Å². The molecule has 1 unspecified atom stereocenters. The van der Waals surface area contributed by atoms with Gasteiger partial charge < -0.3 is 15.7 Å². The van der Waals surface area contributed by atoms with Gasteiger partial charge in [0.15, 0.2) is 0 Å². The van der Waals surface area contributed by atoms with Gasteiger partial charge >= 0.3 is 0 Å². The third-order valence-corrected chi connectivity index (χ3v) is 2.50. The Morgan fingerprint density at radius 2 is 2.05 bits per heavy atom. The standard InChI is InChI=1S/C15H19N3O3/c1-10(2)17-14(20)11(3)18-15(21)13-12(7-5-9-19)6-4-8-16-13/h4,6,8,10-11,19H,9H2,1-3H3,(H,17,20)(H,18,21). The van der Waals surface area contributed by atoms with Crippen molar-refractivity contribution in [1.82, 2.24) is 15.6 Å². The molecule has 21 heavy (non-hydrogen) atoms. The molecule has 1 heterocycles. The lowest BCUT2D eigenvalue weighted by Gasteiger charge is -2.16. The predicted octanol–water partition coefficient (Wildman–Crippen LogP) is 0.0683. The van der Waals surface area contributed by atoms with Gasteiger partial charge in [-0.25, -0.2) is 4.98 Å². The van der Waals surface area contributed by atoms with Crippen LogP contribution < -0.4 is 10.6 Å². The average Bonchev–Trinajstić information content (AvgIpc) is 2.44. The summed E-state index contributed by atoms with van der Waals surface area (Å²) in [5.41, 5.74) is 0.531. The summed E-state index contributed by atoms with van der Waals surface area (Å²) in [5, 5.41) is 14.0. The first-order chi connectivity index (χ1) is 9.95. The summed E-state index contributed by atoms with van der Waals surface area (Å²) in [6.45, 7) is 4.97. The smallest absolute Gasteiger partial charge is 0.271 e. The van der Waals surface area contributed by atoms with Gasteiger partial charge in [-0.3, -0.25) is 9.59 Å². The quantitative estimate of drug-likeness (QED) is 0.684. The van der Waals surface area contributed by atoms with Crippen LogP contribution in [0.3, 0.4) is 0 Å². The summed E-state index contributed by atoms with van der Waals surface area (Å²) in [4.78, 5) is 27.9. The largest absolute Gasteiger partial charge is 0.384 e. The zero-order valence-corrected chi connectivity index (χ0v) is 12.3. The number of carbonyl (C=O) groups excluding carboxylic acids is 2. The molecule has 0 aliphatic heterocycles. The second-order valence-electron chi connectivity index (χ2n) is 4.72. The van der Waals surface area contributed by atoms with Crippen molar-refractivity contribution < 1.29 is 14.7 Å². The Kier molecular flexibility index (Phi) is 6.37. The number of hydrogen-bond donors (Lipinski definition) is 3. The van der Waals surface area contributed by atoms with Gasteiger partial charge in [-0.1, -0.05) is 11.8 Å². The molecular formula is C15H19N3O3. The van der Waals surface area contributed by atoms with E-state index in [1.54, 1.807) is 19.1 Å². The summed E-state index contributed by atoms with van der Waals surface area (Å²) in [6.07, 6.45) is 1.47. The maximum Gasteiger partial charge on any atom is 0.271 e. The van der Waals surface area contributed by atoms with Crippen LogP contribution in [0.4, 0.5) is 0 Å². The summed E-state index contributed by atoms with van der Waals surface area (Å²) < 4.78 is 0. The molecule has 1 rings (SSSR count). The van der Waals surface area contributed by atoms with Crippen LogP contribution in [0.25, 0.3) is 0 Å². The third-order valence-electron chi connectivity index (χ3n) is 2.50. The van der Waals surface area contributed by atoms with Gasteiger partial charge in [0.05, 0.1) is 5.56 Å². The van der Waals surface area contributed by atoms with E-state index in [9.17, 15) is 9.59 Å². The van der Waals surface area contributed by atoms with Crippen molar-refractivity contribution >= 4 is 11.8 Å². The second kappa shape index (κ2) is 8.02. The first-order valence-corrected chi connectivity index (χ1v) is 6.61. The molecule has 1 atom stereocenters. The molecule has 0 saturated carbocycles. The molecule has 0 aliphatic carbocycles. The molecule has 0 spiro atoms. The van der Waals surface area contributed by atoms with Gasteiger partial charge in [0.2, 0.25) is 5.91 Å². The van der Waals surface area contributed by atoms with E-state index in [0.29, 0.717) is 5.56 Å². The lowest BCUT2D eigenvalue weighted by molar-refractivity contribution is -0.123. The van der Waals surface area contributed by atoms with Crippen molar-refractivity contribution in [3.05, 3.63) is 29.6 Å². The number of hydrogen-bond acceptors (Lipinski definition) is 4. The van der Waals surface area contributed by atoms with E-state index in [-0.39, 0.29) is 24.2 Å². The lowest BCUT2D eigenvalue weighted by Crippen LogP contribution is -2.47. The highest BCUT2D eigenvalue weighted by molar-refractivity contribution is 5.97. The monoisotopic (exact) mass is 289 g/mol. The Labute approximate surface area is 124 Å². The van der Waals surface area contributed by atoms with Gasteiger partial charge in [-0.05, 0) is 32.9 Å². The van der Waals surface area contributed by atoms with E-state index in [1.807, 2.05) is 13.8 Å². The summed E-state index contributed by atoms with van der Waals surface area (Å²) in [7, 11) is 0. The van der Waals surface area contributed by atoms with Crippen molar-refractivity contribution in [3.8, 4) is 11.8 Å². The molecule has 0 fully saturated rings. The van der Waals surface area contributed by atoms with Crippen LogP contribution in [0, 0.1) is 11.8 Å². The average molecular weight is 289 g/mol. The fourth-order valence-corrected chi connectivity index (χ4v) is 1.56. The molecule has 2 amide bonds. The van der Waals surface area contributed by atoms with E-state index >= 15 is 0 Å². The van der Waals surface area contributed by atoms with Crippen LogP contribution in [0.15, 0.2) is 18.3 Å². The van der Waals surface area contributed by atoms with Crippen LogP contribution in [-0.2, 0) is 4.79 Å². The minimum atomic E-state index is -0.680. The Bertz CT molecular complexity index is 573. The first kappa shape index (κ1) is 16.7. The Morgan fingerprint density at radius 1 is 1.33 bits per heavy atom. The van der Waals surface area contributed by atoms with Crippen LogP contribution in [0.2, 0.25) is 0 Å². The topological polar surface area (TPSA) is 91.3 Å². The van der Waals surface area contributed by atoms with E-state index in [2.05, 4.69) is 27.5 Å². The zero-order valence-electron chi connectivity index (χ0n) is 12.3. The van der Waals surface area contributed by atoms with Crippen LogP contribution >= 0.6 is 0 Å². The minimum Gasteiger partial charge on any atom is -0.384 e. The maximum absolute atomic E-state index is 12.1. The minimum absolute atomic E-state index is 0.00214. The van der Waals surface area contributed by atoms with Gasteiger partial charge in [0.1, 0.15) is 18.3 Å². The Hall–Kier alpha value is -2.39. The predicted molar refractivity (Wildman–Crippen MR) is 78.4 cm³/mol. The molecule has 0 bridgehead atoms. The Balaban J connectivity index is 2.83. The van der Waals surface area contributed by atoms with E-state index in [0.717, 1.165) is 0 Å². The van der Waals surface area contributed by atoms with Crippen molar-refractivity contribution in [2.75, 3.05) is 6.61 Å². The van der Waals surface area contributed by atoms with Crippen LogP contribution in [0.5, 0.6) is 0 Å². The maximum atomic E-state index is 12.1. The lowest BCUT2D eigenvalue weighted by atomic mass is 10.1. The highest BCUT2D eigenvalue weighted by atomic mass is 16.2. The molecule has 1 aromatic rings. The first-order valence-electron chi connectivity index (χ1n) is 6.61. The normalized spacial score (nSPS) is 11.3. The van der Waals surface area contributed by atoms with E-state index in [4.69, 9.17) is 5.11 Å². The van der Waals surface area contributed by atoms with Crippen molar-refractivity contribution in [3.63, 3.8) is 0 Å². The third kappa shape index (κ3) is 5.24. The molecule has 1 aromatic heterocycles. The molecule has 3 N–H and O–H groups in total. The number of nitrogens with zero attached hydrogens (tertiary/aromatic N) is 1. The van der Waals surface area contributed by atoms with Crippen molar-refractivity contribution in [2.45, 2.75) is 32.9 Å². The molecule has 0 aliphatic rings. The van der Waals surface area contributed by atoms with Crippen molar-refractivity contribution in [1.29, 1.82) is 0 Å². The van der Waals surface area contributed by atoms with Crippen LogP contribution in [0.1, 0.15) is 36.8 Å². The summed E-state index contributed by atoms with van der Waals surface area (Å²) in [6, 6.07) is 2.59. The number of nitrogens with one attached hydrogen (secondary N) is 2. The molecular weight excluding hydrogens is 270 g/mol. The molecule has 6 heteroatoms. The van der Waals surface area contributed by atoms with Crippen molar-refractivity contribution in [2.24, 2.45) is 0 Å². The summed E-state index contributed by atoms with van der Waals surface area (Å²) >= 11 is 0. The molecule has 0 radical (unpaired) electrons. The summed E-state index contributed by atoms with van der Waals surface area (Å²) in [5.74, 6) is 4.37. The second-order valence-corrected chi connectivity index (χ2v) is 4.72. The number of aliphatic hydroxyl groups excluding tert-OH is 1. The number of amides is 2. The number of carbonyl (C=O) groups is 2. The van der Waals surface area contributed by atoms with Gasteiger partial charge in [0, 0.05) is 12.2 Å². The number of pyridine rings is 1. The molecule has 112 valence electrons. The fraction of sp³-hybridized carbons (Fsp3) is 0.400. The zero-order chi connectivity index (χ0) is 15.8. The highest BCUT2D eigenvalue weighted by Gasteiger charge is 2.19. The molecule has 6 nitrogen and oxygen atoms in total. The number of rotatable bonds is 4. The molecule has 0 saturated heterocycles. The fourth-order valence-electron chi connectivity index (χ4n) is 1.56. The number of aromatic nitrogens is 1.